The summed E-state index contributed by atoms with van der Waals surface area (Å²) in [5, 5.41) is 1.06. The molecule has 0 atom stereocenters. The number of rotatable bonds is 3. The molecule has 84 valence electrons. The van der Waals surface area contributed by atoms with E-state index < -0.39 is 0 Å². The van der Waals surface area contributed by atoms with Gasteiger partial charge in [0.1, 0.15) is 0 Å². The summed E-state index contributed by atoms with van der Waals surface area (Å²) < 4.78 is 3.03. The molecule has 1 aromatic carbocycles. The summed E-state index contributed by atoms with van der Waals surface area (Å²) in [6.45, 7) is 0.396. The van der Waals surface area contributed by atoms with Crippen molar-refractivity contribution < 1.29 is 4.79 Å². The lowest BCUT2D eigenvalue weighted by atomic mass is 10.1. The fourth-order valence-electron chi connectivity index (χ4n) is 1.79. The number of Topliss-reactive ketones (excluding diaryl/α,β-unsaturated/α-hetero) is 1. The zero-order valence-corrected chi connectivity index (χ0v) is 10.6. The summed E-state index contributed by atoms with van der Waals surface area (Å²) in [5.41, 5.74) is 7.21. The number of hydrogen-bond donors (Lipinski definition) is 1. The van der Waals surface area contributed by atoms with Crippen molar-refractivity contribution in [1.82, 2.24) is 4.57 Å². The Morgan fingerprint density at radius 1 is 1.50 bits per heavy atom. The van der Waals surface area contributed by atoms with E-state index in [0.717, 1.165) is 20.9 Å². The second-order valence-electron chi connectivity index (χ2n) is 3.78. The molecule has 0 amide bonds. The van der Waals surface area contributed by atoms with Crippen LogP contribution in [0.4, 0.5) is 0 Å². The van der Waals surface area contributed by atoms with Crippen LogP contribution in [0.25, 0.3) is 10.9 Å². The van der Waals surface area contributed by atoms with Crippen LogP contribution < -0.4 is 5.73 Å². The van der Waals surface area contributed by atoms with Gasteiger partial charge in [0.2, 0.25) is 0 Å². The number of nitrogens with zero attached hydrogens (tertiary/aromatic N) is 1. The van der Waals surface area contributed by atoms with Crippen molar-refractivity contribution in [3.8, 4) is 0 Å². The average molecular weight is 281 g/mol. The number of carbonyl (C=O) groups excluding carboxylic acids is 1. The SMILES string of the molecule is Cn1cc(Br)c2cc(C(=O)CCN)ccc21. The van der Waals surface area contributed by atoms with Gasteiger partial charge in [-0.2, -0.15) is 0 Å². The van der Waals surface area contributed by atoms with Crippen LogP contribution in [-0.4, -0.2) is 16.9 Å². The molecule has 0 aliphatic heterocycles. The van der Waals surface area contributed by atoms with Gasteiger partial charge in [-0.25, -0.2) is 0 Å². The second kappa shape index (κ2) is 4.39. The molecular weight excluding hydrogens is 268 g/mol. The van der Waals surface area contributed by atoms with Crippen LogP contribution in [0.3, 0.4) is 0 Å². The van der Waals surface area contributed by atoms with Gasteiger partial charge in [0, 0.05) is 40.6 Å². The number of hydrogen-bond acceptors (Lipinski definition) is 2. The molecule has 0 saturated carbocycles. The van der Waals surface area contributed by atoms with Gasteiger partial charge in [0.25, 0.3) is 0 Å². The van der Waals surface area contributed by atoms with E-state index in [2.05, 4.69) is 15.9 Å². The normalized spacial score (nSPS) is 10.9. The maximum atomic E-state index is 11.7. The highest BCUT2D eigenvalue weighted by atomic mass is 79.9. The Morgan fingerprint density at radius 3 is 2.94 bits per heavy atom. The van der Waals surface area contributed by atoms with Crippen molar-refractivity contribution in [2.24, 2.45) is 12.8 Å². The lowest BCUT2D eigenvalue weighted by molar-refractivity contribution is 0.0985. The molecule has 1 heterocycles. The highest BCUT2D eigenvalue weighted by molar-refractivity contribution is 9.10. The van der Waals surface area contributed by atoms with Crippen molar-refractivity contribution in [2.45, 2.75) is 6.42 Å². The minimum atomic E-state index is 0.0974. The van der Waals surface area contributed by atoms with Gasteiger partial charge < -0.3 is 10.3 Å². The van der Waals surface area contributed by atoms with Gasteiger partial charge in [0.05, 0.1) is 0 Å². The van der Waals surface area contributed by atoms with Gasteiger partial charge in [0.15, 0.2) is 5.78 Å². The summed E-state index contributed by atoms with van der Waals surface area (Å²) in [6, 6.07) is 5.73. The number of aryl methyl sites for hydroxylation is 1. The largest absolute Gasteiger partial charge is 0.349 e. The summed E-state index contributed by atoms with van der Waals surface area (Å²) in [7, 11) is 1.98. The van der Waals surface area contributed by atoms with E-state index in [9.17, 15) is 4.79 Å². The lowest BCUT2D eigenvalue weighted by Crippen LogP contribution is -2.07. The molecule has 2 aromatic rings. The van der Waals surface area contributed by atoms with Crippen LogP contribution in [0.5, 0.6) is 0 Å². The van der Waals surface area contributed by atoms with Crippen molar-refractivity contribution in [2.75, 3.05) is 6.54 Å². The van der Waals surface area contributed by atoms with E-state index in [-0.39, 0.29) is 5.78 Å². The van der Waals surface area contributed by atoms with E-state index >= 15 is 0 Å². The molecule has 4 heteroatoms. The Bertz CT molecular complexity index is 545. The van der Waals surface area contributed by atoms with Crippen LogP contribution >= 0.6 is 15.9 Å². The fraction of sp³-hybridized carbons (Fsp3) is 0.250. The molecule has 0 radical (unpaired) electrons. The standard InChI is InChI=1S/C12H13BrN2O/c1-15-7-10(13)9-6-8(2-3-11(9)15)12(16)4-5-14/h2-3,6-7H,4-5,14H2,1H3. The van der Waals surface area contributed by atoms with Gasteiger partial charge in [-0.05, 0) is 40.7 Å². The monoisotopic (exact) mass is 280 g/mol. The van der Waals surface area contributed by atoms with Gasteiger partial charge in [-0.1, -0.05) is 0 Å². The third-order valence-corrected chi connectivity index (χ3v) is 3.27. The Hall–Kier alpha value is -1.13. The fourth-order valence-corrected chi connectivity index (χ4v) is 2.42. The Morgan fingerprint density at radius 2 is 2.25 bits per heavy atom. The van der Waals surface area contributed by atoms with Crippen LogP contribution in [0.2, 0.25) is 0 Å². The minimum absolute atomic E-state index is 0.0974. The Labute approximate surface area is 102 Å². The second-order valence-corrected chi connectivity index (χ2v) is 4.64. The number of halogens is 1. The summed E-state index contributed by atoms with van der Waals surface area (Å²) >= 11 is 3.48. The molecule has 0 unspecified atom stereocenters. The number of ketones is 1. The van der Waals surface area contributed by atoms with Crippen LogP contribution in [0.1, 0.15) is 16.8 Å². The van der Waals surface area contributed by atoms with Crippen molar-refractivity contribution in [3.63, 3.8) is 0 Å². The predicted molar refractivity (Wildman–Crippen MR) is 68.6 cm³/mol. The maximum Gasteiger partial charge on any atom is 0.164 e. The lowest BCUT2D eigenvalue weighted by Gasteiger charge is -2.01. The first-order valence-corrected chi connectivity index (χ1v) is 5.90. The smallest absolute Gasteiger partial charge is 0.164 e. The van der Waals surface area contributed by atoms with E-state index in [1.807, 2.05) is 36.0 Å². The van der Waals surface area contributed by atoms with Crippen LogP contribution in [0.15, 0.2) is 28.9 Å². The molecule has 0 aliphatic carbocycles. The third kappa shape index (κ3) is 1.90. The highest BCUT2D eigenvalue weighted by Gasteiger charge is 2.09. The van der Waals surface area contributed by atoms with Crippen molar-refractivity contribution in [1.29, 1.82) is 0 Å². The summed E-state index contributed by atoms with van der Waals surface area (Å²) in [6.07, 6.45) is 2.39. The summed E-state index contributed by atoms with van der Waals surface area (Å²) in [4.78, 5) is 11.7. The van der Waals surface area contributed by atoms with E-state index in [0.29, 0.717) is 13.0 Å². The number of fused-ring (bicyclic) bond motifs is 1. The quantitative estimate of drug-likeness (QED) is 0.878. The molecule has 1 aromatic heterocycles. The Balaban J connectivity index is 2.51. The molecule has 0 fully saturated rings. The first-order chi connectivity index (χ1) is 7.63. The van der Waals surface area contributed by atoms with E-state index in [1.54, 1.807) is 0 Å². The average Bonchev–Trinajstić information content (AvgIpc) is 2.55. The van der Waals surface area contributed by atoms with Gasteiger partial charge >= 0.3 is 0 Å². The van der Waals surface area contributed by atoms with Crippen LogP contribution in [0, 0.1) is 0 Å². The topological polar surface area (TPSA) is 48.0 Å². The molecular formula is C12H13BrN2O. The minimum Gasteiger partial charge on any atom is -0.349 e. The Kier molecular flexibility index (Phi) is 3.12. The molecule has 0 aliphatic rings. The number of carbonyl (C=O) groups is 1. The van der Waals surface area contributed by atoms with Gasteiger partial charge in [-0.15, -0.1) is 0 Å². The maximum absolute atomic E-state index is 11.7. The molecule has 0 spiro atoms. The molecule has 0 bridgehead atoms. The summed E-state index contributed by atoms with van der Waals surface area (Å²) in [5.74, 6) is 0.0974. The molecule has 16 heavy (non-hydrogen) atoms. The number of nitrogens with two attached hydrogens (primary N) is 1. The van der Waals surface area contributed by atoms with Crippen LogP contribution in [-0.2, 0) is 7.05 Å². The van der Waals surface area contributed by atoms with Crippen molar-refractivity contribution >= 4 is 32.6 Å². The van der Waals surface area contributed by atoms with Gasteiger partial charge in [-0.3, -0.25) is 4.79 Å². The van der Waals surface area contributed by atoms with E-state index in [4.69, 9.17) is 5.73 Å². The third-order valence-electron chi connectivity index (χ3n) is 2.63. The number of benzene rings is 1. The predicted octanol–water partition coefficient (Wildman–Crippen LogP) is 2.47. The highest BCUT2D eigenvalue weighted by Crippen LogP contribution is 2.26. The molecule has 0 saturated heterocycles. The first kappa shape index (κ1) is 11.4. The number of aromatic nitrogens is 1. The molecule has 2 N–H and O–H groups in total. The molecule has 2 rings (SSSR count). The van der Waals surface area contributed by atoms with Crippen molar-refractivity contribution in [3.05, 3.63) is 34.4 Å². The van der Waals surface area contributed by atoms with E-state index in [1.165, 1.54) is 0 Å². The zero-order chi connectivity index (χ0) is 11.7. The molecule has 3 nitrogen and oxygen atoms in total. The first-order valence-electron chi connectivity index (χ1n) is 5.11. The zero-order valence-electron chi connectivity index (χ0n) is 9.03.